The molecule has 0 unspecified atom stereocenters. The van der Waals surface area contributed by atoms with E-state index in [0.29, 0.717) is 0 Å². The Labute approximate surface area is 136 Å². The first-order valence-corrected chi connectivity index (χ1v) is 8.04. The van der Waals surface area contributed by atoms with E-state index in [9.17, 15) is 0 Å². The molecule has 0 fully saturated rings. The third-order valence-corrected chi connectivity index (χ3v) is 4.43. The van der Waals surface area contributed by atoms with Crippen molar-refractivity contribution >= 4 is 11.2 Å². The fraction of sp³-hybridized carbons (Fsp3) is 0.182. The van der Waals surface area contributed by atoms with Crippen molar-refractivity contribution in [3.05, 3.63) is 72.3 Å². The first-order valence-electron chi connectivity index (χ1n) is 8.04. The molecule has 1 nitrogen and oxygen atoms in total. The molecule has 0 saturated heterocycles. The smallest absolute Gasteiger partial charge is 0.143 e. The lowest BCUT2D eigenvalue weighted by Crippen LogP contribution is -2.10. The van der Waals surface area contributed by atoms with E-state index in [2.05, 4.69) is 81.4 Å². The van der Waals surface area contributed by atoms with Gasteiger partial charge in [-0.05, 0) is 34.2 Å². The number of hydrogen-bond donors (Lipinski definition) is 0. The van der Waals surface area contributed by atoms with Crippen LogP contribution in [0.3, 0.4) is 0 Å². The molecule has 0 amide bonds. The number of fused-ring (bicyclic) bond motifs is 2. The molecule has 4 aromatic rings. The molecular weight excluding hydrogens is 280 g/mol. The average molecular weight is 300 g/mol. The third-order valence-electron chi connectivity index (χ3n) is 4.43. The predicted molar refractivity (Wildman–Crippen MR) is 97.0 cm³/mol. The Balaban J connectivity index is 1.79. The molecule has 2 aromatic heterocycles. The Morgan fingerprint density at radius 3 is 1.78 bits per heavy atom. The van der Waals surface area contributed by atoms with Crippen molar-refractivity contribution in [2.24, 2.45) is 0 Å². The monoisotopic (exact) mass is 300 g/mol. The van der Waals surface area contributed by atoms with Crippen molar-refractivity contribution in [3.63, 3.8) is 0 Å². The van der Waals surface area contributed by atoms with Crippen LogP contribution in [0, 0.1) is 0 Å². The number of hydrogen-bond acceptors (Lipinski definition) is 1. The van der Waals surface area contributed by atoms with Crippen molar-refractivity contribution in [1.29, 1.82) is 0 Å². The van der Waals surface area contributed by atoms with Crippen molar-refractivity contribution in [2.45, 2.75) is 26.2 Å². The van der Waals surface area contributed by atoms with Crippen LogP contribution in [0.5, 0.6) is 0 Å². The van der Waals surface area contributed by atoms with Crippen LogP contribution in [0.15, 0.2) is 71.1 Å². The van der Waals surface area contributed by atoms with E-state index in [1.54, 1.807) is 0 Å². The topological polar surface area (TPSA) is 13.1 Å². The van der Waals surface area contributed by atoms with Gasteiger partial charge in [-0.1, -0.05) is 75.4 Å². The minimum absolute atomic E-state index is 0.176. The van der Waals surface area contributed by atoms with Gasteiger partial charge in [0.15, 0.2) is 0 Å². The van der Waals surface area contributed by atoms with Gasteiger partial charge in [0.1, 0.15) is 11.2 Å². The van der Waals surface area contributed by atoms with Gasteiger partial charge in [0, 0.05) is 11.1 Å². The summed E-state index contributed by atoms with van der Waals surface area (Å²) in [5.41, 5.74) is 8.22. The molecule has 0 spiro atoms. The number of rotatable bonds is 2. The fourth-order valence-electron chi connectivity index (χ4n) is 3.09. The van der Waals surface area contributed by atoms with Gasteiger partial charge in [-0.15, -0.1) is 0 Å². The zero-order chi connectivity index (χ0) is 16.0. The van der Waals surface area contributed by atoms with Crippen molar-refractivity contribution < 1.29 is 4.42 Å². The summed E-state index contributed by atoms with van der Waals surface area (Å²) in [5.74, 6) is 0. The normalized spacial score (nSPS) is 12.1. The van der Waals surface area contributed by atoms with Crippen LogP contribution in [0.2, 0.25) is 0 Å². The van der Waals surface area contributed by atoms with Crippen molar-refractivity contribution in [2.75, 3.05) is 0 Å². The number of furan rings is 2. The molecule has 114 valence electrons. The SMILES string of the molecule is CC(C)(C)c1ccc(-c2cc3cc(-c4ccccc4)c2o3)cc1. The zero-order valence-corrected chi connectivity index (χ0v) is 13.8. The Bertz CT molecular complexity index is 922. The highest BCUT2D eigenvalue weighted by molar-refractivity contribution is 5.97. The number of benzene rings is 3. The maximum atomic E-state index is 5.95. The van der Waals surface area contributed by atoms with Gasteiger partial charge < -0.3 is 4.42 Å². The first-order chi connectivity index (χ1) is 11.0. The van der Waals surface area contributed by atoms with E-state index in [4.69, 9.17) is 4.42 Å². The minimum atomic E-state index is 0.176. The summed E-state index contributed by atoms with van der Waals surface area (Å²) < 4.78 is 5.95. The Hall–Kier alpha value is -2.54. The largest absolute Gasteiger partial charge is 0.456 e. The van der Waals surface area contributed by atoms with Crippen LogP contribution in [0.1, 0.15) is 26.3 Å². The van der Waals surface area contributed by atoms with Gasteiger partial charge in [-0.2, -0.15) is 0 Å². The molecule has 0 atom stereocenters. The molecular formula is C22H20O. The molecule has 0 saturated carbocycles. The second-order valence-electron chi connectivity index (χ2n) is 7.14. The summed E-state index contributed by atoms with van der Waals surface area (Å²) in [6.07, 6.45) is 0. The fourth-order valence-corrected chi connectivity index (χ4v) is 3.09. The highest BCUT2D eigenvalue weighted by Gasteiger charge is 2.18. The standard InChI is InChI=1S/C22H20O/c1-22(2,3)17-11-9-16(10-12-17)20-14-18-13-19(21(20)23-18)15-7-5-4-6-8-15/h4-14H,1-3H3. The van der Waals surface area contributed by atoms with E-state index in [0.717, 1.165) is 11.2 Å². The highest BCUT2D eigenvalue weighted by atomic mass is 16.3. The first kappa shape index (κ1) is 14.1. The maximum Gasteiger partial charge on any atom is 0.143 e. The molecule has 0 N–H and O–H groups in total. The van der Waals surface area contributed by atoms with Crippen LogP contribution >= 0.6 is 0 Å². The molecule has 0 aliphatic rings. The minimum Gasteiger partial charge on any atom is -0.456 e. The van der Waals surface area contributed by atoms with Crippen molar-refractivity contribution in [1.82, 2.24) is 0 Å². The lowest BCUT2D eigenvalue weighted by atomic mass is 9.86. The Morgan fingerprint density at radius 1 is 0.696 bits per heavy atom. The lowest BCUT2D eigenvalue weighted by Gasteiger charge is -2.19. The Morgan fingerprint density at radius 2 is 1.26 bits per heavy atom. The van der Waals surface area contributed by atoms with Gasteiger partial charge in [0.25, 0.3) is 0 Å². The van der Waals surface area contributed by atoms with Crippen LogP contribution in [0.25, 0.3) is 33.4 Å². The van der Waals surface area contributed by atoms with E-state index < -0.39 is 0 Å². The van der Waals surface area contributed by atoms with Crippen molar-refractivity contribution in [3.8, 4) is 22.3 Å². The molecule has 2 heterocycles. The molecule has 23 heavy (non-hydrogen) atoms. The second-order valence-corrected chi connectivity index (χ2v) is 7.14. The van der Waals surface area contributed by atoms with E-state index in [1.165, 1.54) is 27.8 Å². The quantitative estimate of drug-likeness (QED) is 0.411. The molecule has 0 aliphatic heterocycles. The zero-order valence-electron chi connectivity index (χ0n) is 13.8. The summed E-state index contributed by atoms with van der Waals surface area (Å²) in [5, 5.41) is 0. The highest BCUT2D eigenvalue weighted by Crippen LogP contribution is 2.40. The van der Waals surface area contributed by atoms with Gasteiger partial charge in [0.2, 0.25) is 0 Å². The molecule has 2 bridgehead atoms. The average Bonchev–Trinajstić information content (AvgIpc) is 3.15. The molecule has 0 radical (unpaired) electrons. The van der Waals surface area contributed by atoms with Crippen LogP contribution in [-0.4, -0.2) is 0 Å². The predicted octanol–water partition coefficient (Wildman–Crippen LogP) is 6.50. The second kappa shape index (κ2) is 4.99. The molecule has 2 aromatic carbocycles. The third kappa shape index (κ3) is 2.43. The van der Waals surface area contributed by atoms with Gasteiger partial charge >= 0.3 is 0 Å². The molecule has 0 aliphatic carbocycles. The molecule has 4 rings (SSSR count). The summed E-state index contributed by atoms with van der Waals surface area (Å²) in [7, 11) is 0. The maximum absolute atomic E-state index is 5.95. The summed E-state index contributed by atoms with van der Waals surface area (Å²) in [6, 6.07) is 23.5. The molecule has 1 heteroatoms. The van der Waals surface area contributed by atoms with E-state index in [1.807, 2.05) is 6.07 Å². The van der Waals surface area contributed by atoms with Crippen LogP contribution in [-0.2, 0) is 5.41 Å². The van der Waals surface area contributed by atoms with Crippen LogP contribution in [0.4, 0.5) is 0 Å². The van der Waals surface area contributed by atoms with Crippen LogP contribution < -0.4 is 0 Å². The van der Waals surface area contributed by atoms with Gasteiger partial charge in [-0.3, -0.25) is 0 Å². The van der Waals surface area contributed by atoms with E-state index >= 15 is 0 Å². The van der Waals surface area contributed by atoms with Gasteiger partial charge in [0.05, 0.1) is 0 Å². The van der Waals surface area contributed by atoms with Gasteiger partial charge in [-0.25, -0.2) is 0 Å². The van der Waals surface area contributed by atoms with E-state index in [-0.39, 0.29) is 5.41 Å². The summed E-state index contributed by atoms with van der Waals surface area (Å²) in [6.45, 7) is 6.72. The lowest BCUT2D eigenvalue weighted by molar-refractivity contribution is 0.590. The summed E-state index contributed by atoms with van der Waals surface area (Å²) in [4.78, 5) is 0. The Kier molecular flexibility index (Phi) is 3.05. The summed E-state index contributed by atoms with van der Waals surface area (Å²) >= 11 is 0.